The number of pyridine rings is 1. The minimum atomic E-state index is -1.15. The third-order valence-electron chi connectivity index (χ3n) is 3.82. The summed E-state index contributed by atoms with van der Waals surface area (Å²) in [5, 5.41) is 6.32. The maximum absolute atomic E-state index is 12.8. The fourth-order valence-corrected chi connectivity index (χ4v) is 2.95. The zero-order chi connectivity index (χ0) is 14.6. The Morgan fingerprint density at radius 2 is 2.00 bits per heavy atom. The van der Waals surface area contributed by atoms with Crippen molar-refractivity contribution >= 4 is 29.0 Å². The number of aromatic nitrogens is 1. The highest BCUT2D eigenvalue weighted by Gasteiger charge is 2.55. The molecule has 104 valence electrons. The second-order valence-electron chi connectivity index (χ2n) is 5.08. The second kappa shape index (κ2) is 3.82. The van der Waals surface area contributed by atoms with E-state index in [-0.39, 0.29) is 11.8 Å². The van der Waals surface area contributed by atoms with Crippen LogP contribution in [-0.2, 0) is 15.3 Å². The normalized spacial score (nSPS) is 21.8. The van der Waals surface area contributed by atoms with Gasteiger partial charge in [0.15, 0.2) is 5.82 Å². The van der Waals surface area contributed by atoms with Crippen molar-refractivity contribution in [2.24, 2.45) is 0 Å². The molecule has 6 nitrogen and oxygen atoms in total. The summed E-state index contributed by atoms with van der Waals surface area (Å²) in [6.45, 7) is 1.38. The Kier molecular flexibility index (Phi) is 2.16. The molecule has 0 aliphatic carbocycles. The number of rotatable bonds is 0. The maximum atomic E-state index is 12.8. The minimum absolute atomic E-state index is 0.308. The van der Waals surface area contributed by atoms with Gasteiger partial charge >= 0.3 is 0 Å². The SMILES string of the molecule is CC(=O)N1C(=O)[C@@]2(Nc3cccnc3N2)c2ccccc21. The third kappa shape index (κ3) is 1.38. The highest BCUT2D eigenvalue weighted by molar-refractivity contribution is 6.24. The van der Waals surface area contributed by atoms with E-state index in [2.05, 4.69) is 15.6 Å². The first-order chi connectivity index (χ1) is 10.1. The Morgan fingerprint density at radius 1 is 1.19 bits per heavy atom. The molecule has 2 aromatic rings. The molecule has 6 heteroatoms. The van der Waals surface area contributed by atoms with Crippen molar-refractivity contribution < 1.29 is 9.59 Å². The average molecular weight is 280 g/mol. The molecule has 3 heterocycles. The third-order valence-corrected chi connectivity index (χ3v) is 3.82. The number of hydrogen-bond acceptors (Lipinski definition) is 5. The summed E-state index contributed by atoms with van der Waals surface area (Å²) in [5.41, 5.74) is 0.913. The topological polar surface area (TPSA) is 74.3 Å². The van der Waals surface area contributed by atoms with Crippen LogP contribution in [0.3, 0.4) is 0 Å². The van der Waals surface area contributed by atoms with E-state index in [1.165, 1.54) is 11.8 Å². The first-order valence-electron chi connectivity index (χ1n) is 6.59. The van der Waals surface area contributed by atoms with Gasteiger partial charge in [-0.1, -0.05) is 18.2 Å². The lowest BCUT2D eigenvalue weighted by Gasteiger charge is -2.24. The first-order valence-corrected chi connectivity index (χ1v) is 6.59. The van der Waals surface area contributed by atoms with E-state index < -0.39 is 5.66 Å². The van der Waals surface area contributed by atoms with Crippen LogP contribution in [0.4, 0.5) is 17.2 Å². The van der Waals surface area contributed by atoms with Crippen molar-refractivity contribution in [3.8, 4) is 0 Å². The number of amides is 2. The summed E-state index contributed by atoms with van der Waals surface area (Å²) in [4.78, 5) is 30.1. The predicted molar refractivity (Wildman–Crippen MR) is 77.8 cm³/mol. The molecular weight excluding hydrogens is 268 g/mol. The van der Waals surface area contributed by atoms with E-state index >= 15 is 0 Å². The van der Waals surface area contributed by atoms with Crippen LogP contribution < -0.4 is 15.5 Å². The van der Waals surface area contributed by atoms with Gasteiger partial charge in [0.05, 0.1) is 11.4 Å². The van der Waals surface area contributed by atoms with Gasteiger partial charge in [0, 0.05) is 18.7 Å². The number of anilines is 3. The fourth-order valence-electron chi connectivity index (χ4n) is 2.95. The van der Waals surface area contributed by atoms with Crippen LogP contribution in [0.15, 0.2) is 42.6 Å². The van der Waals surface area contributed by atoms with Crippen LogP contribution in [0.1, 0.15) is 12.5 Å². The van der Waals surface area contributed by atoms with Crippen LogP contribution in [-0.4, -0.2) is 16.8 Å². The monoisotopic (exact) mass is 280 g/mol. The Bertz CT molecular complexity index is 762. The molecule has 4 rings (SSSR count). The van der Waals surface area contributed by atoms with Crippen molar-refractivity contribution in [1.29, 1.82) is 0 Å². The molecule has 0 saturated heterocycles. The van der Waals surface area contributed by atoms with E-state index in [1.54, 1.807) is 24.4 Å². The number of fused-ring (bicyclic) bond motifs is 3. The summed E-state index contributed by atoms with van der Waals surface area (Å²) < 4.78 is 0. The summed E-state index contributed by atoms with van der Waals surface area (Å²) in [7, 11) is 0. The molecule has 0 saturated carbocycles. The van der Waals surface area contributed by atoms with Crippen LogP contribution in [0.2, 0.25) is 0 Å². The van der Waals surface area contributed by atoms with Crippen LogP contribution >= 0.6 is 0 Å². The molecule has 2 amide bonds. The highest BCUT2D eigenvalue weighted by atomic mass is 16.2. The number of para-hydroxylation sites is 1. The number of benzene rings is 1. The number of hydrogen-bond donors (Lipinski definition) is 2. The standard InChI is InChI=1S/C15H12N4O2/c1-9(20)19-12-7-3-2-5-10(12)15(14(19)21)17-11-6-4-8-16-13(11)18-15/h2-8,17H,1H3,(H,16,18)/t15-/m1/s1. The number of nitrogens with one attached hydrogen (secondary N) is 2. The molecule has 1 aromatic heterocycles. The van der Waals surface area contributed by atoms with E-state index in [1.807, 2.05) is 18.2 Å². The Hall–Kier alpha value is -2.89. The van der Waals surface area contributed by atoms with Crippen LogP contribution in [0.25, 0.3) is 0 Å². The summed E-state index contributed by atoms with van der Waals surface area (Å²) in [6.07, 6.45) is 1.65. The van der Waals surface area contributed by atoms with Crippen molar-refractivity contribution in [2.45, 2.75) is 12.6 Å². The lowest BCUT2D eigenvalue weighted by Crippen LogP contribution is -2.49. The van der Waals surface area contributed by atoms with E-state index in [9.17, 15) is 9.59 Å². The zero-order valence-corrected chi connectivity index (χ0v) is 11.3. The molecule has 1 spiro atoms. The van der Waals surface area contributed by atoms with Crippen molar-refractivity contribution in [3.63, 3.8) is 0 Å². The maximum Gasteiger partial charge on any atom is 0.285 e. The number of carbonyl (C=O) groups is 2. The van der Waals surface area contributed by atoms with Gasteiger partial charge in [0.1, 0.15) is 0 Å². The van der Waals surface area contributed by atoms with Gasteiger partial charge in [-0.05, 0) is 18.2 Å². The molecule has 2 N–H and O–H groups in total. The minimum Gasteiger partial charge on any atom is -0.348 e. The second-order valence-corrected chi connectivity index (χ2v) is 5.08. The molecule has 2 aliphatic heterocycles. The first kappa shape index (κ1) is 11.9. The Balaban J connectivity index is 1.92. The molecule has 0 fully saturated rings. The highest BCUT2D eigenvalue weighted by Crippen LogP contribution is 2.47. The zero-order valence-electron chi connectivity index (χ0n) is 11.3. The van der Waals surface area contributed by atoms with Crippen molar-refractivity contribution in [2.75, 3.05) is 15.5 Å². The van der Waals surface area contributed by atoms with Gasteiger partial charge in [-0.3, -0.25) is 9.59 Å². The molecule has 2 aliphatic rings. The summed E-state index contributed by atoms with van der Waals surface area (Å²) in [6, 6.07) is 10.9. The van der Waals surface area contributed by atoms with Gasteiger partial charge in [-0.2, -0.15) is 0 Å². The molecule has 0 radical (unpaired) electrons. The van der Waals surface area contributed by atoms with Crippen molar-refractivity contribution in [3.05, 3.63) is 48.2 Å². The number of imide groups is 1. The molecule has 0 bridgehead atoms. The van der Waals surface area contributed by atoms with E-state index in [0.29, 0.717) is 11.5 Å². The van der Waals surface area contributed by atoms with Crippen LogP contribution in [0, 0.1) is 0 Å². The molecule has 1 atom stereocenters. The average Bonchev–Trinajstić information content (AvgIpc) is 2.97. The van der Waals surface area contributed by atoms with E-state index in [4.69, 9.17) is 0 Å². The number of carbonyl (C=O) groups excluding carboxylic acids is 2. The summed E-state index contributed by atoms with van der Waals surface area (Å²) in [5.74, 6) is -0.0444. The quantitative estimate of drug-likeness (QED) is 0.767. The van der Waals surface area contributed by atoms with Gasteiger partial charge in [0.2, 0.25) is 11.6 Å². The lowest BCUT2D eigenvalue weighted by molar-refractivity contribution is -0.126. The lowest BCUT2D eigenvalue weighted by atomic mass is 10.0. The van der Waals surface area contributed by atoms with Gasteiger partial charge in [-0.25, -0.2) is 9.88 Å². The fraction of sp³-hybridized carbons (Fsp3) is 0.133. The number of nitrogens with zero attached hydrogens (tertiary/aromatic N) is 2. The van der Waals surface area contributed by atoms with Gasteiger partial charge in [0.25, 0.3) is 5.91 Å². The van der Waals surface area contributed by atoms with Gasteiger partial charge in [-0.15, -0.1) is 0 Å². The predicted octanol–water partition coefficient (Wildman–Crippen LogP) is 1.67. The molecule has 21 heavy (non-hydrogen) atoms. The van der Waals surface area contributed by atoms with Gasteiger partial charge < -0.3 is 10.6 Å². The smallest absolute Gasteiger partial charge is 0.285 e. The molecule has 1 aromatic carbocycles. The van der Waals surface area contributed by atoms with Crippen LogP contribution in [0.5, 0.6) is 0 Å². The Labute approximate surface area is 120 Å². The largest absolute Gasteiger partial charge is 0.348 e. The molecule has 0 unspecified atom stereocenters. The van der Waals surface area contributed by atoms with E-state index in [0.717, 1.165) is 11.3 Å². The van der Waals surface area contributed by atoms with Crippen molar-refractivity contribution in [1.82, 2.24) is 4.98 Å². The summed E-state index contributed by atoms with van der Waals surface area (Å²) >= 11 is 0. The Morgan fingerprint density at radius 3 is 2.76 bits per heavy atom. The molecular formula is C15H12N4O2.